The van der Waals surface area contributed by atoms with Gasteiger partial charge in [0, 0.05) is 0 Å². The second-order valence-corrected chi connectivity index (χ2v) is 5.01. The molecular weight excluding hydrogens is 282 g/mol. The van der Waals surface area contributed by atoms with Gasteiger partial charge in [-0.25, -0.2) is 10.2 Å². The summed E-state index contributed by atoms with van der Waals surface area (Å²) in [6.07, 6.45) is 0. The first-order valence-electron chi connectivity index (χ1n) is 6.96. The van der Waals surface area contributed by atoms with Crippen LogP contribution in [0.4, 0.5) is 4.79 Å². The van der Waals surface area contributed by atoms with E-state index in [1.54, 1.807) is 19.9 Å². The fraction of sp³-hybridized carbons (Fsp3) is 0.250. The fourth-order valence-corrected chi connectivity index (χ4v) is 2.09. The van der Waals surface area contributed by atoms with Crippen LogP contribution < -0.4 is 16.2 Å². The van der Waals surface area contributed by atoms with Gasteiger partial charge in [-0.05, 0) is 32.4 Å². The molecule has 6 heteroatoms. The summed E-state index contributed by atoms with van der Waals surface area (Å²) >= 11 is 0. The second-order valence-electron chi connectivity index (χ2n) is 5.01. The second kappa shape index (κ2) is 6.80. The van der Waals surface area contributed by atoms with E-state index >= 15 is 0 Å². The van der Waals surface area contributed by atoms with Gasteiger partial charge in [-0.2, -0.15) is 0 Å². The highest BCUT2D eigenvalue weighted by molar-refractivity contribution is 5.96. The predicted octanol–water partition coefficient (Wildman–Crippen LogP) is 2.60. The van der Waals surface area contributed by atoms with E-state index < -0.39 is 11.9 Å². The summed E-state index contributed by atoms with van der Waals surface area (Å²) < 4.78 is 5.28. The lowest BCUT2D eigenvalue weighted by Gasteiger charge is -2.15. The summed E-state index contributed by atoms with van der Waals surface area (Å²) in [7, 11) is 0. The first-order valence-corrected chi connectivity index (χ1v) is 6.96. The number of carbonyl (C=O) groups is 2. The summed E-state index contributed by atoms with van der Waals surface area (Å²) in [5.74, 6) is 0.733. The van der Waals surface area contributed by atoms with Crippen molar-refractivity contribution in [3.63, 3.8) is 0 Å². The Bertz CT molecular complexity index is 665. The number of nitrogens with one attached hydrogen (secondary N) is 3. The molecule has 0 fully saturated rings. The molecule has 22 heavy (non-hydrogen) atoms. The Labute approximate surface area is 128 Å². The van der Waals surface area contributed by atoms with Crippen LogP contribution in [0.5, 0.6) is 0 Å². The van der Waals surface area contributed by atoms with Crippen molar-refractivity contribution in [2.24, 2.45) is 0 Å². The Balaban J connectivity index is 1.85. The zero-order valence-electron chi connectivity index (χ0n) is 12.8. The number of urea groups is 1. The van der Waals surface area contributed by atoms with Crippen molar-refractivity contribution < 1.29 is 14.0 Å². The normalized spacial score (nSPS) is 11.6. The highest BCUT2D eigenvalue weighted by Gasteiger charge is 2.15. The number of hydrazine groups is 1. The number of hydrogen-bond donors (Lipinski definition) is 3. The molecule has 0 radical (unpaired) electrons. The summed E-state index contributed by atoms with van der Waals surface area (Å²) in [5.41, 5.74) is 6.05. The Morgan fingerprint density at radius 1 is 1.09 bits per heavy atom. The van der Waals surface area contributed by atoms with E-state index in [-0.39, 0.29) is 6.04 Å². The fourth-order valence-electron chi connectivity index (χ4n) is 2.09. The molecule has 0 saturated heterocycles. The number of amides is 3. The molecule has 1 heterocycles. The quantitative estimate of drug-likeness (QED) is 0.762. The van der Waals surface area contributed by atoms with Gasteiger partial charge >= 0.3 is 6.03 Å². The van der Waals surface area contributed by atoms with E-state index in [1.807, 2.05) is 37.3 Å². The van der Waals surface area contributed by atoms with Crippen LogP contribution in [0.1, 0.15) is 40.4 Å². The van der Waals surface area contributed by atoms with E-state index in [4.69, 9.17) is 4.42 Å². The molecule has 6 nitrogen and oxygen atoms in total. The van der Waals surface area contributed by atoms with Crippen molar-refractivity contribution in [3.05, 3.63) is 59.0 Å². The number of hydrogen-bond acceptors (Lipinski definition) is 3. The summed E-state index contributed by atoms with van der Waals surface area (Å²) in [6, 6.07) is 10.5. The molecule has 0 aliphatic rings. The zero-order chi connectivity index (χ0) is 16.1. The molecular formula is C16H19N3O3. The highest BCUT2D eigenvalue weighted by Crippen LogP contribution is 2.13. The monoisotopic (exact) mass is 301 g/mol. The number of aryl methyl sites for hydroxylation is 2. The van der Waals surface area contributed by atoms with Gasteiger partial charge in [0.2, 0.25) is 0 Å². The van der Waals surface area contributed by atoms with Crippen LogP contribution in [0, 0.1) is 13.8 Å². The van der Waals surface area contributed by atoms with E-state index in [2.05, 4.69) is 16.2 Å². The van der Waals surface area contributed by atoms with Crippen molar-refractivity contribution in [2.45, 2.75) is 26.8 Å². The number of benzene rings is 1. The van der Waals surface area contributed by atoms with Gasteiger partial charge in [0.1, 0.15) is 11.5 Å². The maximum Gasteiger partial charge on any atom is 0.333 e. The van der Waals surface area contributed by atoms with E-state index in [9.17, 15) is 9.59 Å². The molecule has 116 valence electrons. The molecule has 1 unspecified atom stereocenters. The van der Waals surface area contributed by atoms with Gasteiger partial charge < -0.3 is 9.73 Å². The first kappa shape index (κ1) is 15.6. The SMILES string of the molecule is Cc1cc(C(=O)NNC(=O)NC(C)c2ccccc2)c(C)o1. The third kappa shape index (κ3) is 3.88. The predicted molar refractivity (Wildman–Crippen MR) is 82.2 cm³/mol. The Kier molecular flexibility index (Phi) is 4.83. The van der Waals surface area contributed by atoms with Gasteiger partial charge in [-0.15, -0.1) is 0 Å². The average Bonchev–Trinajstić information content (AvgIpc) is 2.84. The van der Waals surface area contributed by atoms with Crippen LogP contribution in [0.25, 0.3) is 0 Å². The van der Waals surface area contributed by atoms with Crippen LogP contribution in [-0.2, 0) is 0 Å². The number of rotatable bonds is 3. The molecule has 0 bridgehead atoms. The molecule has 1 atom stereocenters. The van der Waals surface area contributed by atoms with E-state index in [1.165, 1.54) is 0 Å². The number of carbonyl (C=O) groups excluding carboxylic acids is 2. The molecule has 1 aromatic carbocycles. The maximum atomic E-state index is 11.9. The third-order valence-corrected chi connectivity index (χ3v) is 3.22. The lowest BCUT2D eigenvalue weighted by molar-refractivity contribution is 0.0934. The molecule has 0 aliphatic carbocycles. The highest BCUT2D eigenvalue weighted by atomic mass is 16.3. The number of furan rings is 1. The minimum absolute atomic E-state index is 0.170. The van der Waals surface area contributed by atoms with Gasteiger partial charge in [-0.3, -0.25) is 10.2 Å². The zero-order valence-corrected chi connectivity index (χ0v) is 12.8. The van der Waals surface area contributed by atoms with Gasteiger partial charge in [0.15, 0.2) is 0 Å². The van der Waals surface area contributed by atoms with Crippen LogP contribution in [-0.4, -0.2) is 11.9 Å². The topological polar surface area (TPSA) is 83.4 Å². The summed E-state index contributed by atoms with van der Waals surface area (Å²) in [6.45, 7) is 5.31. The van der Waals surface area contributed by atoms with E-state index in [0.29, 0.717) is 17.1 Å². The molecule has 2 aromatic rings. The van der Waals surface area contributed by atoms with Crippen molar-refractivity contribution in [2.75, 3.05) is 0 Å². The standard InChI is InChI=1S/C16H19N3O3/c1-10-9-14(12(3)22-10)15(20)18-19-16(21)17-11(2)13-7-5-4-6-8-13/h4-9,11H,1-3H3,(H,18,20)(H2,17,19,21). The van der Waals surface area contributed by atoms with Gasteiger partial charge in [0.25, 0.3) is 5.91 Å². The van der Waals surface area contributed by atoms with Crippen LogP contribution in [0.2, 0.25) is 0 Å². The molecule has 0 saturated carbocycles. The average molecular weight is 301 g/mol. The lowest BCUT2D eigenvalue weighted by atomic mass is 10.1. The van der Waals surface area contributed by atoms with Crippen LogP contribution in [0.15, 0.2) is 40.8 Å². The lowest BCUT2D eigenvalue weighted by Crippen LogP contribution is -2.47. The van der Waals surface area contributed by atoms with Gasteiger partial charge in [0.05, 0.1) is 11.6 Å². The smallest absolute Gasteiger partial charge is 0.333 e. The Hall–Kier alpha value is -2.76. The Morgan fingerprint density at radius 3 is 2.36 bits per heavy atom. The largest absolute Gasteiger partial charge is 0.466 e. The van der Waals surface area contributed by atoms with Gasteiger partial charge in [-0.1, -0.05) is 30.3 Å². The molecule has 0 aliphatic heterocycles. The first-order chi connectivity index (χ1) is 10.5. The third-order valence-electron chi connectivity index (χ3n) is 3.22. The molecule has 2 rings (SSSR count). The van der Waals surface area contributed by atoms with Crippen molar-refractivity contribution in [1.82, 2.24) is 16.2 Å². The minimum atomic E-state index is -0.484. The molecule has 1 aromatic heterocycles. The van der Waals surface area contributed by atoms with Crippen molar-refractivity contribution in [1.29, 1.82) is 0 Å². The molecule has 3 N–H and O–H groups in total. The van der Waals surface area contributed by atoms with Crippen LogP contribution in [0.3, 0.4) is 0 Å². The van der Waals surface area contributed by atoms with E-state index in [0.717, 1.165) is 5.56 Å². The van der Waals surface area contributed by atoms with Crippen molar-refractivity contribution in [3.8, 4) is 0 Å². The maximum absolute atomic E-state index is 11.9. The minimum Gasteiger partial charge on any atom is -0.466 e. The Morgan fingerprint density at radius 2 is 1.77 bits per heavy atom. The van der Waals surface area contributed by atoms with Crippen LogP contribution >= 0.6 is 0 Å². The summed E-state index contributed by atoms with van der Waals surface area (Å²) in [5, 5.41) is 2.73. The molecule has 3 amide bonds. The van der Waals surface area contributed by atoms with Crippen molar-refractivity contribution >= 4 is 11.9 Å². The summed E-state index contributed by atoms with van der Waals surface area (Å²) in [4.78, 5) is 23.7. The molecule has 0 spiro atoms.